The summed E-state index contributed by atoms with van der Waals surface area (Å²) in [6.07, 6.45) is -3.82. The molecular weight excluding hydrogens is 271 g/mol. The van der Waals surface area contributed by atoms with Crippen molar-refractivity contribution in [2.45, 2.75) is 12.6 Å². The van der Waals surface area contributed by atoms with Crippen LogP contribution < -0.4 is 5.73 Å². The van der Waals surface area contributed by atoms with Crippen molar-refractivity contribution in [3.63, 3.8) is 0 Å². The first-order valence-corrected chi connectivity index (χ1v) is 5.97. The van der Waals surface area contributed by atoms with Crippen LogP contribution in [-0.4, -0.2) is 35.6 Å². The highest BCUT2D eigenvalue weighted by Crippen LogP contribution is 2.23. The Morgan fingerprint density at radius 3 is 2.75 bits per heavy atom. The summed E-state index contributed by atoms with van der Waals surface area (Å²) in [4.78, 5) is 16.1. The fraction of sp³-hybridized carbons (Fsp3) is 0.308. The van der Waals surface area contributed by atoms with Crippen molar-refractivity contribution in [1.29, 1.82) is 0 Å². The van der Waals surface area contributed by atoms with E-state index in [0.717, 1.165) is 4.90 Å². The van der Waals surface area contributed by atoms with Gasteiger partial charge in [0.2, 0.25) is 0 Å². The van der Waals surface area contributed by atoms with Crippen LogP contribution in [0.25, 0.3) is 10.9 Å². The minimum Gasteiger partial charge on any atom is -0.399 e. The number of fused-ring (bicyclic) bond motifs is 1. The van der Waals surface area contributed by atoms with E-state index in [4.69, 9.17) is 5.73 Å². The summed E-state index contributed by atoms with van der Waals surface area (Å²) >= 11 is 0. The molecule has 0 aliphatic carbocycles. The van der Waals surface area contributed by atoms with Gasteiger partial charge in [0.05, 0.1) is 12.0 Å². The first kappa shape index (κ1) is 14.2. The van der Waals surface area contributed by atoms with Gasteiger partial charge in [0.25, 0.3) is 5.91 Å². The molecule has 20 heavy (non-hydrogen) atoms. The lowest BCUT2D eigenvalue weighted by Crippen LogP contribution is -2.30. The summed E-state index contributed by atoms with van der Waals surface area (Å²) in [5.74, 6) is -0.467. The van der Waals surface area contributed by atoms with Gasteiger partial charge in [-0.25, -0.2) is 0 Å². The molecule has 2 rings (SSSR count). The lowest BCUT2D eigenvalue weighted by molar-refractivity contribution is -0.136. The molecule has 7 heteroatoms. The number of carbonyl (C=O) groups excluding carboxylic acids is 1. The second-order valence-corrected chi connectivity index (χ2v) is 4.60. The fourth-order valence-corrected chi connectivity index (χ4v) is 1.92. The molecule has 0 aliphatic rings. The molecule has 0 aliphatic heterocycles. The van der Waals surface area contributed by atoms with E-state index in [-0.39, 0.29) is 6.54 Å². The largest absolute Gasteiger partial charge is 0.399 e. The van der Waals surface area contributed by atoms with Gasteiger partial charge in [-0.05, 0) is 18.2 Å². The lowest BCUT2D eigenvalue weighted by Gasteiger charge is -2.17. The highest BCUT2D eigenvalue weighted by atomic mass is 19.4. The molecule has 0 spiro atoms. The topological polar surface area (TPSA) is 62.1 Å². The number of anilines is 1. The van der Waals surface area contributed by atoms with Crippen LogP contribution in [0.5, 0.6) is 0 Å². The number of H-pyrrole nitrogens is 1. The summed E-state index contributed by atoms with van der Waals surface area (Å²) in [6, 6.07) is 5.02. The summed E-state index contributed by atoms with van der Waals surface area (Å²) < 4.78 is 36.5. The van der Waals surface area contributed by atoms with Crippen LogP contribution in [0.1, 0.15) is 16.8 Å². The maximum Gasteiger partial charge on any atom is 0.390 e. The van der Waals surface area contributed by atoms with Crippen molar-refractivity contribution in [2.24, 2.45) is 0 Å². The van der Waals surface area contributed by atoms with Crippen LogP contribution in [-0.2, 0) is 0 Å². The Hall–Kier alpha value is -2.18. The first-order valence-electron chi connectivity index (χ1n) is 5.97. The van der Waals surface area contributed by atoms with E-state index in [1.165, 1.54) is 13.2 Å². The summed E-state index contributed by atoms with van der Waals surface area (Å²) in [7, 11) is 1.35. The number of benzene rings is 1. The number of nitrogens with zero attached hydrogens (tertiary/aromatic N) is 1. The second-order valence-electron chi connectivity index (χ2n) is 4.60. The number of alkyl halides is 3. The number of hydrogen-bond donors (Lipinski definition) is 2. The molecule has 0 bridgehead atoms. The molecule has 4 nitrogen and oxygen atoms in total. The summed E-state index contributed by atoms with van der Waals surface area (Å²) in [6.45, 7) is -0.378. The highest BCUT2D eigenvalue weighted by molar-refractivity contribution is 6.07. The van der Waals surface area contributed by atoms with E-state index in [0.29, 0.717) is 22.2 Å². The van der Waals surface area contributed by atoms with Gasteiger partial charge in [-0.3, -0.25) is 4.79 Å². The van der Waals surface area contributed by atoms with Gasteiger partial charge < -0.3 is 15.6 Å². The Balaban J connectivity index is 2.20. The maximum atomic E-state index is 12.2. The zero-order chi connectivity index (χ0) is 14.9. The fourth-order valence-electron chi connectivity index (χ4n) is 1.92. The normalized spacial score (nSPS) is 11.8. The summed E-state index contributed by atoms with van der Waals surface area (Å²) in [5.41, 5.74) is 7.18. The zero-order valence-electron chi connectivity index (χ0n) is 10.8. The smallest absolute Gasteiger partial charge is 0.390 e. The quantitative estimate of drug-likeness (QED) is 0.852. The van der Waals surface area contributed by atoms with Gasteiger partial charge in [0.15, 0.2) is 0 Å². The second kappa shape index (κ2) is 5.07. The van der Waals surface area contributed by atoms with Crippen LogP contribution in [0.15, 0.2) is 24.4 Å². The van der Waals surface area contributed by atoms with Gasteiger partial charge in [0, 0.05) is 36.4 Å². The number of amides is 1. The first-order chi connectivity index (χ1) is 9.28. The third kappa shape index (κ3) is 3.04. The van der Waals surface area contributed by atoms with E-state index < -0.39 is 18.5 Å². The Morgan fingerprint density at radius 1 is 1.40 bits per heavy atom. The SMILES string of the molecule is CN(CCC(F)(F)F)C(=O)c1c[nH]c2ccc(N)cc12. The molecule has 1 aromatic heterocycles. The van der Waals surface area contributed by atoms with Crippen molar-refractivity contribution in [3.05, 3.63) is 30.0 Å². The number of aromatic nitrogens is 1. The third-order valence-corrected chi connectivity index (χ3v) is 3.01. The van der Waals surface area contributed by atoms with Gasteiger partial charge in [-0.1, -0.05) is 0 Å². The molecule has 108 valence electrons. The number of rotatable bonds is 3. The molecule has 1 heterocycles. The van der Waals surface area contributed by atoms with E-state index in [9.17, 15) is 18.0 Å². The molecule has 0 atom stereocenters. The van der Waals surface area contributed by atoms with Crippen molar-refractivity contribution in [3.8, 4) is 0 Å². The van der Waals surface area contributed by atoms with Crippen LogP contribution in [0, 0.1) is 0 Å². The molecule has 3 N–H and O–H groups in total. The van der Waals surface area contributed by atoms with Crippen LogP contribution >= 0.6 is 0 Å². The number of aromatic amines is 1. The Morgan fingerprint density at radius 2 is 2.10 bits per heavy atom. The molecule has 2 aromatic rings. The lowest BCUT2D eigenvalue weighted by atomic mass is 10.1. The Kier molecular flexibility index (Phi) is 3.61. The maximum absolute atomic E-state index is 12.2. The molecule has 0 saturated carbocycles. The molecule has 1 aromatic carbocycles. The number of nitrogens with two attached hydrogens (primary N) is 1. The molecule has 0 unspecified atom stereocenters. The van der Waals surface area contributed by atoms with Gasteiger partial charge in [-0.15, -0.1) is 0 Å². The number of halogens is 3. The van der Waals surface area contributed by atoms with Crippen molar-refractivity contribution >= 4 is 22.5 Å². The number of carbonyl (C=O) groups is 1. The number of nitrogens with one attached hydrogen (secondary N) is 1. The average Bonchev–Trinajstić information content (AvgIpc) is 2.77. The van der Waals surface area contributed by atoms with E-state index in [1.54, 1.807) is 18.2 Å². The minimum atomic E-state index is -4.28. The van der Waals surface area contributed by atoms with Gasteiger partial charge in [-0.2, -0.15) is 13.2 Å². The Labute approximate surface area is 113 Å². The van der Waals surface area contributed by atoms with Crippen molar-refractivity contribution in [1.82, 2.24) is 9.88 Å². The van der Waals surface area contributed by atoms with Gasteiger partial charge >= 0.3 is 6.18 Å². The predicted octanol–water partition coefficient (Wildman–Crippen LogP) is 2.77. The molecule has 0 saturated heterocycles. The molecule has 0 fully saturated rings. The third-order valence-electron chi connectivity index (χ3n) is 3.01. The summed E-state index contributed by atoms with van der Waals surface area (Å²) in [5, 5.41) is 0.605. The number of nitrogen functional groups attached to an aromatic ring is 1. The monoisotopic (exact) mass is 285 g/mol. The average molecular weight is 285 g/mol. The molecule has 0 radical (unpaired) electrons. The van der Waals surface area contributed by atoms with E-state index >= 15 is 0 Å². The van der Waals surface area contributed by atoms with E-state index in [1.807, 2.05) is 0 Å². The van der Waals surface area contributed by atoms with Crippen molar-refractivity contribution in [2.75, 3.05) is 19.3 Å². The van der Waals surface area contributed by atoms with Crippen molar-refractivity contribution < 1.29 is 18.0 Å². The molecular formula is C13H14F3N3O. The van der Waals surface area contributed by atoms with Gasteiger partial charge in [0.1, 0.15) is 0 Å². The number of hydrogen-bond acceptors (Lipinski definition) is 2. The van der Waals surface area contributed by atoms with Crippen LogP contribution in [0.3, 0.4) is 0 Å². The van der Waals surface area contributed by atoms with Crippen LogP contribution in [0.4, 0.5) is 18.9 Å². The molecule has 1 amide bonds. The Bertz CT molecular complexity index is 633. The highest BCUT2D eigenvalue weighted by Gasteiger charge is 2.28. The predicted molar refractivity (Wildman–Crippen MR) is 70.3 cm³/mol. The van der Waals surface area contributed by atoms with E-state index in [2.05, 4.69) is 4.98 Å². The zero-order valence-corrected chi connectivity index (χ0v) is 10.8. The van der Waals surface area contributed by atoms with Crippen LogP contribution in [0.2, 0.25) is 0 Å². The standard InChI is InChI=1S/C13H14F3N3O/c1-19(5-4-13(14,15)16)12(20)10-7-18-11-3-2-8(17)6-9(10)11/h2-3,6-7,18H,4-5,17H2,1H3. The minimum absolute atomic E-state index is 0.317.